The molecule has 0 spiro atoms. The third-order valence-electron chi connectivity index (χ3n) is 4.39. The first-order valence-electron chi connectivity index (χ1n) is 8.90. The van der Waals surface area contributed by atoms with E-state index in [9.17, 15) is 0 Å². The maximum Gasteiger partial charge on any atom is 0.190 e. The highest BCUT2D eigenvalue weighted by atomic mass is 127. The van der Waals surface area contributed by atoms with Crippen LogP contribution < -0.4 is 10.6 Å². The second-order valence-electron chi connectivity index (χ2n) is 6.16. The van der Waals surface area contributed by atoms with Gasteiger partial charge in [-0.1, -0.05) is 11.6 Å². The quantitative estimate of drug-likeness (QED) is 0.211. The smallest absolute Gasteiger partial charge is 0.190 e. The number of aryl methyl sites for hydroxylation is 2. The first-order chi connectivity index (χ1) is 11.3. The number of hydrogen-bond acceptors (Lipinski definition) is 2. The van der Waals surface area contributed by atoms with Crippen LogP contribution in [0.1, 0.15) is 50.8 Å². The molecule has 1 aliphatic rings. The molecule has 1 aromatic heterocycles. The van der Waals surface area contributed by atoms with Crippen molar-refractivity contribution in [3.63, 3.8) is 0 Å². The normalized spacial score (nSPS) is 14.8. The Balaban J connectivity index is 0.00000288. The zero-order chi connectivity index (χ0) is 16.3. The summed E-state index contributed by atoms with van der Waals surface area (Å²) in [5, 5.41) is 6.81. The zero-order valence-electron chi connectivity index (χ0n) is 15.1. The molecule has 0 saturated heterocycles. The van der Waals surface area contributed by atoms with Crippen molar-refractivity contribution in [2.24, 2.45) is 4.99 Å². The highest BCUT2D eigenvalue weighted by Gasteiger charge is 2.04. The van der Waals surface area contributed by atoms with Gasteiger partial charge in [0.05, 0.1) is 0 Å². The van der Waals surface area contributed by atoms with Crippen LogP contribution in [0, 0.1) is 6.92 Å². The Morgan fingerprint density at radius 2 is 2.08 bits per heavy atom. The van der Waals surface area contributed by atoms with Gasteiger partial charge in [-0.2, -0.15) is 0 Å². The Morgan fingerprint density at radius 3 is 2.75 bits per heavy atom. The van der Waals surface area contributed by atoms with Crippen molar-refractivity contribution in [2.45, 2.75) is 58.4 Å². The van der Waals surface area contributed by atoms with Crippen LogP contribution in [0.15, 0.2) is 29.0 Å². The van der Waals surface area contributed by atoms with Gasteiger partial charge in [0.1, 0.15) is 5.82 Å². The minimum absolute atomic E-state index is 0. The van der Waals surface area contributed by atoms with Gasteiger partial charge in [0.15, 0.2) is 5.96 Å². The highest BCUT2D eigenvalue weighted by Crippen LogP contribution is 2.19. The lowest BCUT2D eigenvalue weighted by Gasteiger charge is -2.15. The van der Waals surface area contributed by atoms with E-state index in [1.165, 1.54) is 25.7 Å². The predicted octanol–water partition coefficient (Wildman–Crippen LogP) is 3.65. The van der Waals surface area contributed by atoms with Gasteiger partial charge in [0.2, 0.25) is 0 Å². The summed E-state index contributed by atoms with van der Waals surface area (Å²) in [6.07, 6.45) is 15.0. The number of hydrogen-bond donors (Lipinski definition) is 2. The van der Waals surface area contributed by atoms with Crippen LogP contribution in [0.5, 0.6) is 0 Å². The van der Waals surface area contributed by atoms with Gasteiger partial charge in [-0.25, -0.2) is 4.98 Å². The van der Waals surface area contributed by atoms with Gasteiger partial charge in [0, 0.05) is 39.1 Å². The van der Waals surface area contributed by atoms with E-state index in [2.05, 4.69) is 31.3 Å². The first kappa shape index (κ1) is 21.0. The summed E-state index contributed by atoms with van der Waals surface area (Å²) >= 11 is 0. The third-order valence-corrected chi connectivity index (χ3v) is 4.39. The topological polar surface area (TPSA) is 54.2 Å². The average Bonchev–Trinajstić information content (AvgIpc) is 2.99. The van der Waals surface area contributed by atoms with E-state index in [0.717, 1.165) is 50.7 Å². The van der Waals surface area contributed by atoms with Crippen molar-refractivity contribution in [3.8, 4) is 0 Å². The van der Waals surface area contributed by atoms with Crippen LogP contribution in [0.3, 0.4) is 0 Å². The molecule has 0 atom stereocenters. The number of aliphatic imine (C=N–C) groups is 1. The lowest BCUT2D eigenvalue weighted by Crippen LogP contribution is -2.38. The maximum absolute atomic E-state index is 4.29. The summed E-state index contributed by atoms with van der Waals surface area (Å²) < 4.78 is 2.20. The molecule has 0 aliphatic heterocycles. The lowest BCUT2D eigenvalue weighted by atomic mass is 9.97. The van der Waals surface area contributed by atoms with Crippen molar-refractivity contribution in [2.75, 3.05) is 20.1 Å². The van der Waals surface area contributed by atoms with E-state index in [-0.39, 0.29) is 24.0 Å². The number of guanidine groups is 1. The number of allylic oxidation sites excluding steroid dienone is 1. The van der Waals surface area contributed by atoms with E-state index in [4.69, 9.17) is 0 Å². The van der Waals surface area contributed by atoms with Gasteiger partial charge in [0.25, 0.3) is 0 Å². The van der Waals surface area contributed by atoms with E-state index in [1.54, 1.807) is 5.57 Å². The Hall–Kier alpha value is -1.05. The van der Waals surface area contributed by atoms with Crippen molar-refractivity contribution in [3.05, 3.63) is 29.9 Å². The molecule has 1 aliphatic carbocycles. The maximum atomic E-state index is 4.29. The van der Waals surface area contributed by atoms with Crippen LogP contribution in [0.2, 0.25) is 0 Å². The van der Waals surface area contributed by atoms with Crippen LogP contribution in [0.25, 0.3) is 0 Å². The Labute approximate surface area is 163 Å². The van der Waals surface area contributed by atoms with Gasteiger partial charge in [-0.3, -0.25) is 4.99 Å². The molecule has 1 heterocycles. The van der Waals surface area contributed by atoms with Crippen LogP contribution >= 0.6 is 24.0 Å². The molecule has 0 saturated carbocycles. The minimum Gasteiger partial charge on any atom is -0.356 e. The first-order valence-corrected chi connectivity index (χ1v) is 8.90. The number of unbranched alkanes of at least 4 members (excludes halogenated alkanes) is 1. The Kier molecular flexibility index (Phi) is 10.8. The molecule has 2 N–H and O–H groups in total. The molecular formula is C18H32IN5. The summed E-state index contributed by atoms with van der Waals surface area (Å²) in [6, 6.07) is 0. The molecule has 1 aromatic rings. The summed E-state index contributed by atoms with van der Waals surface area (Å²) in [6.45, 7) is 5.01. The number of nitrogens with one attached hydrogen (secondary N) is 2. The summed E-state index contributed by atoms with van der Waals surface area (Å²) in [5.41, 5.74) is 1.61. The van der Waals surface area contributed by atoms with Gasteiger partial charge < -0.3 is 15.2 Å². The largest absolute Gasteiger partial charge is 0.356 e. The van der Waals surface area contributed by atoms with E-state index >= 15 is 0 Å². The van der Waals surface area contributed by atoms with Crippen molar-refractivity contribution in [1.29, 1.82) is 0 Å². The summed E-state index contributed by atoms with van der Waals surface area (Å²) in [5.74, 6) is 2.01. The predicted molar refractivity (Wildman–Crippen MR) is 112 cm³/mol. The molecule has 5 nitrogen and oxygen atoms in total. The monoisotopic (exact) mass is 445 g/mol. The van der Waals surface area contributed by atoms with Crippen molar-refractivity contribution >= 4 is 29.9 Å². The zero-order valence-corrected chi connectivity index (χ0v) is 17.4. The molecule has 136 valence electrons. The molecule has 0 amide bonds. The fraction of sp³-hybridized carbons (Fsp3) is 0.667. The van der Waals surface area contributed by atoms with E-state index < -0.39 is 0 Å². The fourth-order valence-electron chi connectivity index (χ4n) is 2.95. The highest BCUT2D eigenvalue weighted by molar-refractivity contribution is 14.0. The molecule has 6 heteroatoms. The molecular weight excluding hydrogens is 413 g/mol. The average molecular weight is 445 g/mol. The number of halogens is 1. The second-order valence-corrected chi connectivity index (χ2v) is 6.16. The van der Waals surface area contributed by atoms with Crippen molar-refractivity contribution < 1.29 is 0 Å². The number of imidazole rings is 1. The molecule has 0 bridgehead atoms. The molecule has 2 rings (SSSR count). The molecule has 0 radical (unpaired) electrons. The second kappa shape index (κ2) is 12.3. The van der Waals surface area contributed by atoms with E-state index in [0.29, 0.717) is 0 Å². The Morgan fingerprint density at radius 1 is 1.25 bits per heavy atom. The number of nitrogens with zero attached hydrogens (tertiary/aromatic N) is 3. The standard InChI is InChI=1S/C18H31N5.HI/c1-16-20-13-15-23(16)14-7-6-11-21-18(19-2)22-12-10-17-8-4-3-5-9-17;/h8,13,15H,3-7,9-12,14H2,1-2H3,(H2,19,21,22);1H. The van der Waals surface area contributed by atoms with Crippen molar-refractivity contribution in [1.82, 2.24) is 20.2 Å². The lowest BCUT2D eigenvalue weighted by molar-refractivity contribution is 0.588. The summed E-state index contributed by atoms with van der Waals surface area (Å²) in [4.78, 5) is 8.53. The van der Waals surface area contributed by atoms with Crippen LogP contribution in [-0.4, -0.2) is 35.6 Å². The minimum atomic E-state index is 0. The third kappa shape index (κ3) is 7.68. The van der Waals surface area contributed by atoms with Crippen LogP contribution in [-0.2, 0) is 6.54 Å². The fourth-order valence-corrected chi connectivity index (χ4v) is 2.95. The van der Waals surface area contributed by atoms with Gasteiger partial charge in [-0.15, -0.1) is 24.0 Å². The van der Waals surface area contributed by atoms with Gasteiger partial charge in [-0.05, 0) is 51.9 Å². The Bertz CT molecular complexity index is 521. The molecule has 24 heavy (non-hydrogen) atoms. The SMILES string of the molecule is CN=C(NCCCCn1ccnc1C)NCCC1=CCCCC1.I. The molecule has 0 unspecified atom stereocenters. The van der Waals surface area contributed by atoms with Crippen LogP contribution in [0.4, 0.5) is 0 Å². The summed E-state index contributed by atoms with van der Waals surface area (Å²) in [7, 11) is 1.84. The number of aromatic nitrogens is 2. The molecule has 0 fully saturated rings. The number of rotatable bonds is 8. The molecule has 0 aromatic carbocycles. The van der Waals surface area contributed by atoms with E-state index in [1.807, 2.05) is 26.4 Å². The van der Waals surface area contributed by atoms with Gasteiger partial charge >= 0.3 is 0 Å².